The molecule has 2 heterocycles. The first-order valence-corrected chi connectivity index (χ1v) is 8.94. The molecule has 2 aromatic heterocycles. The van der Waals surface area contributed by atoms with Crippen molar-refractivity contribution in [2.75, 3.05) is 4.72 Å². The van der Waals surface area contributed by atoms with Crippen LogP contribution in [-0.2, 0) is 10.0 Å². The number of hydrogen-bond acceptors (Lipinski definition) is 5. The minimum Gasteiger partial charge on any atom is -0.277 e. The highest BCUT2D eigenvalue weighted by Gasteiger charge is 2.19. The summed E-state index contributed by atoms with van der Waals surface area (Å²) in [5.41, 5.74) is 0.802. The van der Waals surface area contributed by atoms with E-state index in [4.69, 9.17) is 23.2 Å². The number of rotatable bonds is 4. The molecule has 0 bridgehead atoms. The zero-order valence-corrected chi connectivity index (χ0v) is 13.9. The molecule has 0 aliphatic carbocycles. The lowest BCUT2D eigenvalue weighted by atomic mass is 10.3. The zero-order valence-electron chi connectivity index (χ0n) is 10.8. The fourth-order valence-corrected chi connectivity index (χ4v) is 4.48. The Kier molecular flexibility index (Phi) is 4.09. The van der Waals surface area contributed by atoms with E-state index >= 15 is 0 Å². The number of benzene rings is 1. The summed E-state index contributed by atoms with van der Waals surface area (Å²) in [5.74, 6) is 0. The first kappa shape index (κ1) is 15.3. The first-order valence-electron chi connectivity index (χ1n) is 5.88. The third-order valence-electron chi connectivity index (χ3n) is 2.68. The molecule has 0 amide bonds. The van der Waals surface area contributed by atoms with E-state index < -0.39 is 10.0 Å². The average Bonchev–Trinajstić information content (AvgIpc) is 3.10. The van der Waals surface area contributed by atoms with Crippen molar-refractivity contribution < 1.29 is 8.42 Å². The van der Waals surface area contributed by atoms with Crippen molar-refractivity contribution in [2.24, 2.45) is 0 Å². The molecule has 0 atom stereocenters. The third-order valence-corrected chi connectivity index (χ3v) is 6.01. The predicted octanol–water partition coefficient (Wildman–Crippen LogP) is 3.44. The number of halogens is 2. The SMILES string of the molecule is O=S(=O)(Nc1cc(Cl)ccc1-n1cncn1)c1ccc(Cl)s1. The van der Waals surface area contributed by atoms with Crippen LogP contribution in [0.5, 0.6) is 0 Å². The van der Waals surface area contributed by atoms with Gasteiger partial charge in [-0.2, -0.15) is 5.10 Å². The van der Waals surface area contributed by atoms with Crippen LogP contribution in [0.3, 0.4) is 0 Å². The monoisotopic (exact) mass is 374 g/mol. The Morgan fingerprint density at radius 2 is 2.00 bits per heavy atom. The number of sulfonamides is 1. The molecule has 10 heteroatoms. The largest absolute Gasteiger partial charge is 0.277 e. The van der Waals surface area contributed by atoms with Gasteiger partial charge in [0.25, 0.3) is 10.0 Å². The van der Waals surface area contributed by atoms with Gasteiger partial charge >= 0.3 is 0 Å². The molecular formula is C12H8Cl2N4O2S2. The van der Waals surface area contributed by atoms with E-state index in [0.29, 0.717) is 20.7 Å². The Bertz CT molecular complexity index is 907. The second-order valence-electron chi connectivity index (χ2n) is 4.17. The number of aromatic nitrogens is 3. The maximum atomic E-state index is 12.4. The van der Waals surface area contributed by atoms with Crippen LogP contribution < -0.4 is 4.72 Å². The molecule has 0 aliphatic heterocycles. The molecular weight excluding hydrogens is 367 g/mol. The number of thiophene rings is 1. The molecule has 0 unspecified atom stereocenters. The van der Waals surface area contributed by atoms with Gasteiger partial charge in [0.1, 0.15) is 16.9 Å². The Morgan fingerprint density at radius 3 is 2.64 bits per heavy atom. The Morgan fingerprint density at radius 1 is 1.18 bits per heavy atom. The fraction of sp³-hybridized carbons (Fsp3) is 0. The number of hydrogen-bond donors (Lipinski definition) is 1. The van der Waals surface area contributed by atoms with E-state index in [1.807, 2.05) is 0 Å². The van der Waals surface area contributed by atoms with Crippen molar-refractivity contribution in [3.8, 4) is 5.69 Å². The van der Waals surface area contributed by atoms with Gasteiger partial charge in [-0.15, -0.1) is 11.3 Å². The topological polar surface area (TPSA) is 76.9 Å². The molecule has 22 heavy (non-hydrogen) atoms. The van der Waals surface area contributed by atoms with E-state index in [0.717, 1.165) is 11.3 Å². The molecule has 0 saturated carbocycles. The van der Waals surface area contributed by atoms with Crippen molar-refractivity contribution in [3.05, 3.63) is 52.3 Å². The van der Waals surface area contributed by atoms with E-state index in [-0.39, 0.29) is 4.21 Å². The van der Waals surface area contributed by atoms with Crippen molar-refractivity contribution in [1.29, 1.82) is 0 Å². The zero-order chi connectivity index (χ0) is 15.7. The third kappa shape index (κ3) is 3.09. The Hall–Kier alpha value is -1.61. The lowest BCUT2D eigenvalue weighted by molar-refractivity contribution is 0.603. The molecule has 1 N–H and O–H groups in total. The lowest BCUT2D eigenvalue weighted by Gasteiger charge is -2.11. The second kappa shape index (κ2) is 5.88. The van der Waals surface area contributed by atoms with Gasteiger partial charge in [-0.1, -0.05) is 23.2 Å². The van der Waals surface area contributed by atoms with Gasteiger partial charge in [-0.25, -0.2) is 18.1 Å². The molecule has 3 aromatic rings. The number of nitrogens with zero attached hydrogens (tertiary/aromatic N) is 3. The molecule has 0 aliphatic rings. The summed E-state index contributed by atoms with van der Waals surface area (Å²) in [7, 11) is -3.76. The summed E-state index contributed by atoms with van der Waals surface area (Å²) < 4.78 is 29.2. The van der Waals surface area contributed by atoms with Gasteiger partial charge in [0.05, 0.1) is 15.7 Å². The van der Waals surface area contributed by atoms with E-state index in [1.165, 1.54) is 35.5 Å². The van der Waals surface area contributed by atoms with Crippen molar-refractivity contribution in [1.82, 2.24) is 14.8 Å². The minimum atomic E-state index is -3.76. The van der Waals surface area contributed by atoms with Crippen LogP contribution >= 0.6 is 34.5 Å². The van der Waals surface area contributed by atoms with Crippen molar-refractivity contribution >= 4 is 50.2 Å². The number of anilines is 1. The number of nitrogens with one attached hydrogen (secondary N) is 1. The summed E-state index contributed by atoms with van der Waals surface area (Å²) in [4.78, 5) is 3.85. The maximum absolute atomic E-state index is 12.4. The van der Waals surface area contributed by atoms with Crippen LogP contribution in [-0.4, -0.2) is 23.2 Å². The first-order chi connectivity index (χ1) is 10.5. The summed E-state index contributed by atoms with van der Waals surface area (Å²) in [6.45, 7) is 0. The Labute approximate surface area is 140 Å². The van der Waals surface area contributed by atoms with Crippen LogP contribution in [0.2, 0.25) is 9.36 Å². The maximum Gasteiger partial charge on any atom is 0.271 e. The van der Waals surface area contributed by atoms with Crippen LogP contribution in [0.25, 0.3) is 5.69 Å². The molecule has 0 spiro atoms. The van der Waals surface area contributed by atoms with Gasteiger partial charge in [0.2, 0.25) is 0 Å². The minimum absolute atomic E-state index is 0.113. The summed E-state index contributed by atoms with van der Waals surface area (Å²) in [6, 6.07) is 7.76. The van der Waals surface area contributed by atoms with Crippen LogP contribution in [0.1, 0.15) is 0 Å². The van der Waals surface area contributed by atoms with E-state index in [9.17, 15) is 8.42 Å². The molecule has 6 nitrogen and oxygen atoms in total. The smallest absolute Gasteiger partial charge is 0.271 e. The van der Waals surface area contributed by atoms with Crippen LogP contribution in [0.15, 0.2) is 47.2 Å². The van der Waals surface area contributed by atoms with Gasteiger partial charge in [0, 0.05) is 5.02 Å². The van der Waals surface area contributed by atoms with Gasteiger partial charge in [0.15, 0.2) is 0 Å². The summed E-state index contributed by atoms with van der Waals surface area (Å²) in [5, 5.41) is 4.39. The van der Waals surface area contributed by atoms with Crippen LogP contribution in [0, 0.1) is 0 Å². The molecule has 3 rings (SSSR count). The van der Waals surface area contributed by atoms with Crippen LogP contribution in [0.4, 0.5) is 5.69 Å². The predicted molar refractivity (Wildman–Crippen MR) is 86.5 cm³/mol. The van der Waals surface area contributed by atoms with E-state index in [1.54, 1.807) is 12.1 Å². The molecule has 114 valence electrons. The van der Waals surface area contributed by atoms with Crippen molar-refractivity contribution in [3.63, 3.8) is 0 Å². The van der Waals surface area contributed by atoms with E-state index in [2.05, 4.69) is 14.8 Å². The molecule has 0 fully saturated rings. The highest BCUT2D eigenvalue weighted by atomic mass is 35.5. The standard InChI is InChI=1S/C12H8Cl2N4O2S2/c13-8-1-2-10(18-7-15-6-16-18)9(5-8)17-22(19,20)12-4-3-11(14)21-12/h1-7,17H. The lowest BCUT2D eigenvalue weighted by Crippen LogP contribution is -2.13. The Balaban J connectivity index is 2.03. The van der Waals surface area contributed by atoms with Crippen molar-refractivity contribution in [2.45, 2.75) is 4.21 Å². The molecule has 0 saturated heterocycles. The highest BCUT2D eigenvalue weighted by molar-refractivity contribution is 7.94. The van der Waals surface area contributed by atoms with Gasteiger partial charge in [-0.3, -0.25) is 4.72 Å². The second-order valence-corrected chi connectivity index (χ2v) is 8.23. The quantitative estimate of drug-likeness (QED) is 0.758. The molecule has 0 radical (unpaired) electrons. The average molecular weight is 375 g/mol. The molecule has 1 aromatic carbocycles. The normalized spacial score (nSPS) is 11.5. The summed E-state index contributed by atoms with van der Waals surface area (Å²) >= 11 is 12.7. The van der Waals surface area contributed by atoms with Gasteiger partial charge < -0.3 is 0 Å². The summed E-state index contributed by atoms with van der Waals surface area (Å²) in [6.07, 6.45) is 2.81. The highest BCUT2D eigenvalue weighted by Crippen LogP contribution is 2.30. The fourth-order valence-electron chi connectivity index (χ4n) is 1.76. The van der Waals surface area contributed by atoms with Gasteiger partial charge in [-0.05, 0) is 30.3 Å².